The van der Waals surface area contributed by atoms with Gasteiger partial charge in [0.1, 0.15) is 5.69 Å². The van der Waals surface area contributed by atoms with Crippen LogP contribution in [0.4, 0.5) is 18.9 Å². The summed E-state index contributed by atoms with van der Waals surface area (Å²) in [4.78, 5) is 15.0. The minimum atomic E-state index is -4.23. The molecule has 0 bridgehead atoms. The Morgan fingerprint density at radius 1 is 1.50 bits per heavy atom. The van der Waals surface area contributed by atoms with Crippen LogP contribution < -0.4 is 11.3 Å². The summed E-state index contributed by atoms with van der Waals surface area (Å²) in [5, 5.41) is -0.142. The predicted octanol–water partition coefficient (Wildman–Crippen LogP) is 1.82. The second kappa shape index (κ2) is 4.73. The van der Waals surface area contributed by atoms with Crippen LogP contribution in [0, 0.1) is 0 Å². The van der Waals surface area contributed by atoms with Crippen molar-refractivity contribution < 1.29 is 13.2 Å². The van der Waals surface area contributed by atoms with Crippen molar-refractivity contribution in [2.24, 2.45) is 0 Å². The van der Waals surface area contributed by atoms with E-state index in [9.17, 15) is 18.0 Å². The Bertz CT molecular complexity index is 430. The van der Waals surface area contributed by atoms with Gasteiger partial charge >= 0.3 is 6.18 Å². The fourth-order valence-corrected chi connectivity index (χ4v) is 1.22. The maximum atomic E-state index is 11.9. The number of nitrogens with zero attached hydrogens (tertiary/aromatic N) is 2. The first kappa shape index (κ1) is 12.8. The van der Waals surface area contributed by atoms with Crippen molar-refractivity contribution in [1.29, 1.82) is 0 Å². The van der Waals surface area contributed by atoms with Crippen molar-refractivity contribution in [3.8, 4) is 0 Å². The molecule has 8 heteroatoms. The summed E-state index contributed by atoms with van der Waals surface area (Å²) in [5.41, 5.74) is 4.41. The lowest BCUT2D eigenvalue weighted by Gasteiger charge is -2.08. The zero-order valence-corrected chi connectivity index (χ0v) is 8.85. The molecule has 0 aliphatic heterocycles. The quantitative estimate of drug-likeness (QED) is 0.838. The molecule has 16 heavy (non-hydrogen) atoms. The number of nitrogens with two attached hydrogens (primary N) is 1. The first-order chi connectivity index (χ1) is 7.31. The fourth-order valence-electron chi connectivity index (χ4n) is 1.09. The first-order valence-corrected chi connectivity index (χ1v) is 4.76. The number of hydrogen-bond acceptors (Lipinski definition) is 3. The summed E-state index contributed by atoms with van der Waals surface area (Å²) >= 11 is 5.46. The van der Waals surface area contributed by atoms with E-state index in [1.165, 1.54) is 0 Å². The van der Waals surface area contributed by atoms with Gasteiger partial charge in [0.2, 0.25) is 0 Å². The van der Waals surface area contributed by atoms with E-state index in [0.29, 0.717) is 0 Å². The Balaban J connectivity index is 2.69. The van der Waals surface area contributed by atoms with Crippen LogP contribution in [-0.2, 0) is 6.54 Å². The van der Waals surface area contributed by atoms with Crippen molar-refractivity contribution in [3.05, 3.63) is 21.8 Å². The van der Waals surface area contributed by atoms with Crippen LogP contribution in [0.5, 0.6) is 0 Å². The molecular formula is C8H9ClF3N3O. The fraction of sp³-hybridized carbons (Fsp3) is 0.500. The van der Waals surface area contributed by atoms with E-state index in [1.54, 1.807) is 0 Å². The summed E-state index contributed by atoms with van der Waals surface area (Å²) in [7, 11) is 0. The maximum Gasteiger partial charge on any atom is 0.389 e. The molecule has 0 spiro atoms. The van der Waals surface area contributed by atoms with Gasteiger partial charge in [-0.3, -0.25) is 9.36 Å². The van der Waals surface area contributed by atoms with E-state index in [4.69, 9.17) is 17.3 Å². The molecule has 1 aromatic heterocycles. The van der Waals surface area contributed by atoms with Gasteiger partial charge in [0.05, 0.1) is 6.33 Å². The average molecular weight is 256 g/mol. The Morgan fingerprint density at radius 2 is 2.12 bits per heavy atom. The van der Waals surface area contributed by atoms with Crippen LogP contribution >= 0.6 is 11.6 Å². The Kier molecular flexibility index (Phi) is 3.79. The molecule has 0 saturated carbocycles. The van der Waals surface area contributed by atoms with E-state index in [1.807, 2.05) is 0 Å². The van der Waals surface area contributed by atoms with Crippen LogP contribution in [0.3, 0.4) is 0 Å². The molecule has 0 radical (unpaired) electrons. The van der Waals surface area contributed by atoms with Crippen molar-refractivity contribution in [2.75, 3.05) is 5.73 Å². The number of hydrogen-bond donors (Lipinski definition) is 1. The van der Waals surface area contributed by atoms with Crippen molar-refractivity contribution >= 4 is 17.3 Å². The Morgan fingerprint density at radius 3 is 2.69 bits per heavy atom. The number of anilines is 1. The largest absolute Gasteiger partial charge is 0.392 e. The van der Waals surface area contributed by atoms with Gasteiger partial charge in [-0.1, -0.05) is 11.6 Å². The molecule has 0 amide bonds. The van der Waals surface area contributed by atoms with Crippen LogP contribution in [0.1, 0.15) is 12.8 Å². The molecule has 0 aromatic carbocycles. The Labute approximate surface area is 93.8 Å². The molecule has 0 unspecified atom stereocenters. The molecule has 1 rings (SSSR count). The van der Waals surface area contributed by atoms with Gasteiger partial charge in [-0.15, -0.1) is 0 Å². The summed E-state index contributed by atoms with van der Waals surface area (Å²) in [6.45, 7) is -0.0906. The maximum absolute atomic E-state index is 11.9. The zero-order valence-electron chi connectivity index (χ0n) is 8.09. The van der Waals surface area contributed by atoms with E-state index < -0.39 is 18.2 Å². The zero-order chi connectivity index (χ0) is 12.3. The standard InChI is InChI=1S/C8H9ClF3N3O/c9-6-5(13)7(16)15(4-14-6)3-1-2-8(10,11)12/h4H,1-3,13H2. The highest BCUT2D eigenvalue weighted by atomic mass is 35.5. The van der Waals surface area contributed by atoms with Gasteiger partial charge in [-0.05, 0) is 6.42 Å². The van der Waals surface area contributed by atoms with E-state index in [-0.39, 0.29) is 23.8 Å². The number of aromatic nitrogens is 2. The third-order valence-corrected chi connectivity index (χ3v) is 2.18. The highest BCUT2D eigenvalue weighted by molar-refractivity contribution is 6.31. The van der Waals surface area contributed by atoms with Gasteiger partial charge in [-0.2, -0.15) is 13.2 Å². The second-order valence-corrected chi connectivity index (χ2v) is 3.52. The second-order valence-electron chi connectivity index (χ2n) is 3.17. The highest BCUT2D eigenvalue weighted by Gasteiger charge is 2.26. The number of nitrogen functional groups attached to an aromatic ring is 1. The molecule has 90 valence electrons. The average Bonchev–Trinajstić information content (AvgIpc) is 2.16. The van der Waals surface area contributed by atoms with Crippen molar-refractivity contribution in [1.82, 2.24) is 9.55 Å². The smallest absolute Gasteiger partial charge is 0.389 e. The number of aryl methyl sites for hydroxylation is 1. The monoisotopic (exact) mass is 255 g/mol. The van der Waals surface area contributed by atoms with Gasteiger partial charge in [0, 0.05) is 13.0 Å². The molecule has 0 fully saturated rings. The topological polar surface area (TPSA) is 60.9 Å². The van der Waals surface area contributed by atoms with Gasteiger partial charge < -0.3 is 5.73 Å². The van der Waals surface area contributed by atoms with Crippen LogP contribution in [-0.4, -0.2) is 15.7 Å². The molecule has 0 atom stereocenters. The number of rotatable bonds is 3. The highest BCUT2D eigenvalue weighted by Crippen LogP contribution is 2.21. The summed E-state index contributed by atoms with van der Waals surface area (Å²) in [6.07, 6.45) is -4.31. The normalized spacial score (nSPS) is 11.8. The first-order valence-electron chi connectivity index (χ1n) is 4.38. The van der Waals surface area contributed by atoms with Crippen LogP contribution in [0.15, 0.2) is 11.1 Å². The molecular weight excluding hydrogens is 247 g/mol. The van der Waals surface area contributed by atoms with E-state index in [0.717, 1.165) is 10.9 Å². The number of halogens is 4. The van der Waals surface area contributed by atoms with Crippen molar-refractivity contribution in [2.45, 2.75) is 25.6 Å². The lowest BCUT2D eigenvalue weighted by molar-refractivity contribution is -0.135. The summed E-state index contributed by atoms with van der Waals surface area (Å²) in [6, 6.07) is 0. The van der Waals surface area contributed by atoms with Gasteiger partial charge in [-0.25, -0.2) is 4.98 Å². The SMILES string of the molecule is Nc1c(Cl)ncn(CCCC(F)(F)F)c1=O. The lowest BCUT2D eigenvalue weighted by Crippen LogP contribution is -2.24. The molecule has 4 nitrogen and oxygen atoms in total. The molecule has 2 N–H and O–H groups in total. The third-order valence-electron chi connectivity index (χ3n) is 1.88. The minimum Gasteiger partial charge on any atom is -0.392 e. The molecule has 1 aromatic rings. The third kappa shape index (κ3) is 3.41. The number of alkyl halides is 3. The van der Waals surface area contributed by atoms with Gasteiger partial charge in [0.25, 0.3) is 5.56 Å². The predicted molar refractivity (Wildman–Crippen MR) is 53.2 cm³/mol. The van der Waals surface area contributed by atoms with E-state index in [2.05, 4.69) is 4.98 Å². The minimum absolute atomic E-state index is 0.0906. The van der Waals surface area contributed by atoms with Gasteiger partial charge in [0.15, 0.2) is 5.15 Å². The molecule has 1 heterocycles. The summed E-state index contributed by atoms with van der Waals surface area (Å²) in [5.74, 6) is 0. The molecule has 0 saturated heterocycles. The Hall–Kier alpha value is -1.24. The molecule has 0 aliphatic carbocycles. The molecule has 0 aliphatic rings. The lowest BCUT2D eigenvalue weighted by atomic mass is 10.3. The van der Waals surface area contributed by atoms with Crippen LogP contribution in [0.25, 0.3) is 0 Å². The van der Waals surface area contributed by atoms with Crippen LogP contribution in [0.2, 0.25) is 5.15 Å². The van der Waals surface area contributed by atoms with E-state index >= 15 is 0 Å². The summed E-state index contributed by atoms with van der Waals surface area (Å²) < 4.78 is 36.6. The van der Waals surface area contributed by atoms with Crippen molar-refractivity contribution in [3.63, 3.8) is 0 Å².